The molecule has 1 heterocycles. The highest BCUT2D eigenvalue weighted by atomic mass is 127. The fourth-order valence-electron chi connectivity index (χ4n) is 2.63. The summed E-state index contributed by atoms with van der Waals surface area (Å²) in [6.45, 7) is 4.21. The third-order valence-electron chi connectivity index (χ3n) is 3.78. The Bertz CT molecular complexity index is 489. The maximum absolute atomic E-state index is 10.4. The van der Waals surface area contributed by atoms with Gasteiger partial charge in [0.05, 0.1) is 22.5 Å². The van der Waals surface area contributed by atoms with Crippen LogP contribution in [0.15, 0.2) is 20.9 Å². The zero-order valence-corrected chi connectivity index (χ0v) is 17.9. The van der Waals surface area contributed by atoms with Crippen molar-refractivity contribution in [2.24, 2.45) is 4.99 Å². The molecule has 0 atom stereocenters. The number of guanidine groups is 1. The minimum Gasteiger partial charge on any atom is -0.388 e. The zero-order valence-electron chi connectivity index (χ0n) is 13.1. The van der Waals surface area contributed by atoms with Crippen molar-refractivity contribution >= 4 is 57.2 Å². The molecule has 0 amide bonds. The Morgan fingerprint density at radius 2 is 2.14 bits per heavy atom. The molecule has 0 saturated heterocycles. The molecule has 1 fully saturated rings. The van der Waals surface area contributed by atoms with Crippen LogP contribution in [0.3, 0.4) is 0 Å². The Labute approximate surface area is 162 Å². The first-order valence-corrected chi connectivity index (χ1v) is 9.09. The lowest BCUT2D eigenvalue weighted by Crippen LogP contribution is -2.40. The van der Waals surface area contributed by atoms with Crippen LogP contribution in [0, 0.1) is 0 Å². The molecular weight excluding hydrogens is 477 g/mol. The van der Waals surface area contributed by atoms with Crippen LogP contribution in [0.4, 0.5) is 0 Å². The number of rotatable bonds is 5. The normalized spacial score (nSPS) is 17.2. The topological polar surface area (TPSA) is 47.9 Å². The van der Waals surface area contributed by atoms with E-state index in [9.17, 15) is 5.11 Å². The van der Waals surface area contributed by atoms with Crippen LogP contribution in [0.25, 0.3) is 0 Å². The Kier molecular flexibility index (Phi) is 8.66. The SMILES string of the molecule is CCNC(=NCC1(O)CCCC1)N(C)Cc1ccc(Br)s1.I. The molecule has 0 unspecified atom stereocenters. The molecule has 1 aliphatic rings. The van der Waals surface area contributed by atoms with E-state index in [1.165, 1.54) is 4.88 Å². The fraction of sp³-hybridized carbons (Fsp3) is 0.667. The van der Waals surface area contributed by atoms with Gasteiger partial charge < -0.3 is 15.3 Å². The van der Waals surface area contributed by atoms with E-state index in [0.717, 1.165) is 48.5 Å². The van der Waals surface area contributed by atoms with Crippen molar-refractivity contribution < 1.29 is 5.11 Å². The molecule has 0 radical (unpaired) electrons. The second-order valence-electron chi connectivity index (χ2n) is 5.66. The van der Waals surface area contributed by atoms with Gasteiger partial charge in [0.25, 0.3) is 0 Å². The van der Waals surface area contributed by atoms with Gasteiger partial charge in [-0.1, -0.05) is 12.8 Å². The predicted octanol–water partition coefficient (Wildman–Crippen LogP) is 3.83. The van der Waals surface area contributed by atoms with Crippen LogP contribution < -0.4 is 5.32 Å². The van der Waals surface area contributed by atoms with Crippen molar-refractivity contribution in [1.82, 2.24) is 10.2 Å². The Hall–Kier alpha value is 0.140. The van der Waals surface area contributed by atoms with Crippen LogP contribution >= 0.6 is 51.2 Å². The second kappa shape index (κ2) is 9.44. The summed E-state index contributed by atoms with van der Waals surface area (Å²) in [5.74, 6) is 0.863. The summed E-state index contributed by atoms with van der Waals surface area (Å²) in [5, 5.41) is 13.7. The highest BCUT2D eigenvalue weighted by Gasteiger charge is 2.30. The molecule has 0 spiro atoms. The summed E-state index contributed by atoms with van der Waals surface area (Å²) >= 11 is 5.23. The third kappa shape index (κ3) is 5.98. The minimum atomic E-state index is -0.590. The van der Waals surface area contributed by atoms with Crippen LogP contribution in [-0.2, 0) is 6.54 Å². The Morgan fingerprint density at radius 3 is 2.68 bits per heavy atom. The van der Waals surface area contributed by atoms with E-state index in [-0.39, 0.29) is 24.0 Å². The first-order chi connectivity index (χ1) is 10.0. The molecule has 1 aliphatic carbocycles. The molecule has 22 heavy (non-hydrogen) atoms. The average molecular weight is 502 g/mol. The van der Waals surface area contributed by atoms with Crippen molar-refractivity contribution in [1.29, 1.82) is 0 Å². The molecule has 0 aliphatic heterocycles. The van der Waals surface area contributed by atoms with Gasteiger partial charge in [-0.25, -0.2) is 0 Å². The number of aliphatic hydroxyl groups is 1. The molecule has 0 bridgehead atoms. The van der Waals surface area contributed by atoms with E-state index >= 15 is 0 Å². The summed E-state index contributed by atoms with van der Waals surface area (Å²) in [7, 11) is 2.04. The largest absolute Gasteiger partial charge is 0.388 e. The summed E-state index contributed by atoms with van der Waals surface area (Å²) < 4.78 is 1.15. The highest BCUT2D eigenvalue weighted by molar-refractivity contribution is 14.0. The number of aliphatic imine (C=N–C) groups is 1. The van der Waals surface area contributed by atoms with Gasteiger partial charge in [0.1, 0.15) is 0 Å². The van der Waals surface area contributed by atoms with Gasteiger partial charge in [0, 0.05) is 18.5 Å². The molecular formula is C15H25BrIN3OS. The first-order valence-electron chi connectivity index (χ1n) is 7.48. The maximum Gasteiger partial charge on any atom is 0.194 e. The van der Waals surface area contributed by atoms with Gasteiger partial charge in [-0.05, 0) is 47.8 Å². The Morgan fingerprint density at radius 1 is 1.45 bits per heavy atom. The quantitative estimate of drug-likeness (QED) is 0.366. The molecule has 126 valence electrons. The average Bonchev–Trinajstić information content (AvgIpc) is 3.04. The second-order valence-corrected chi connectivity index (χ2v) is 8.21. The summed E-state index contributed by atoms with van der Waals surface area (Å²) in [6.07, 6.45) is 3.97. The van der Waals surface area contributed by atoms with Gasteiger partial charge in [-0.3, -0.25) is 4.99 Å². The van der Waals surface area contributed by atoms with E-state index in [1.54, 1.807) is 11.3 Å². The number of halogens is 2. The van der Waals surface area contributed by atoms with Crippen molar-refractivity contribution in [2.45, 2.75) is 44.8 Å². The number of hydrogen-bond donors (Lipinski definition) is 2. The lowest BCUT2D eigenvalue weighted by Gasteiger charge is -2.24. The van der Waals surface area contributed by atoms with Gasteiger partial charge >= 0.3 is 0 Å². The molecule has 1 saturated carbocycles. The van der Waals surface area contributed by atoms with Crippen LogP contribution in [0.2, 0.25) is 0 Å². The first kappa shape index (κ1) is 20.2. The summed E-state index contributed by atoms with van der Waals surface area (Å²) in [6, 6.07) is 4.19. The van der Waals surface area contributed by atoms with E-state index < -0.39 is 5.60 Å². The van der Waals surface area contributed by atoms with Crippen LogP contribution in [0.1, 0.15) is 37.5 Å². The van der Waals surface area contributed by atoms with E-state index in [2.05, 4.69) is 50.2 Å². The fourth-order valence-corrected chi connectivity index (χ4v) is 4.17. The van der Waals surface area contributed by atoms with E-state index in [4.69, 9.17) is 0 Å². The minimum absolute atomic E-state index is 0. The lowest BCUT2D eigenvalue weighted by molar-refractivity contribution is 0.0572. The number of thiophene rings is 1. The number of nitrogens with one attached hydrogen (secondary N) is 1. The van der Waals surface area contributed by atoms with Gasteiger partial charge in [-0.2, -0.15) is 0 Å². The zero-order chi connectivity index (χ0) is 15.3. The summed E-state index contributed by atoms with van der Waals surface area (Å²) in [4.78, 5) is 8.04. The summed E-state index contributed by atoms with van der Waals surface area (Å²) in [5.41, 5.74) is -0.590. The molecule has 0 aromatic carbocycles. The van der Waals surface area contributed by atoms with Crippen molar-refractivity contribution in [3.05, 3.63) is 20.8 Å². The number of hydrogen-bond acceptors (Lipinski definition) is 3. The van der Waals surface area contributed by atoms with Crippen LogP contribution in [0.5, 0.6) is 0 Å². The van der Waals surface area contributed by atoms with Gasteiger partial charge in [0.2, 0.25) is 0 Å². The standard InChI is InChI=1S/C15H24BrN3OS.HI/c1-3-17-14(18-11-15(20)8-4-5-9-15)19(2)10-12-6-7-13(16)21-12;/h6-7,20H,3-5,8-11H2,1-2H3,(H,17,18);1H. The van der Waals surface area contributed by atoms with Gasteiger partial charge in [0.15, 0.2) is 5.96 Å². The highest BCUT2D eigenvalue weighted by Crippen LogP contribution is 2.29. The molecule has 7 heteroatoms. The van der Waals surface area contributed by atoms with Crippen molar-refractivity contribution in [3.63, 3.8) is 0 Å². The predicted molar refractivity (Wildman–Crippen MR) is 108 cm³/mol. The van der Waals surface area contributed by atoms with E-state index in [0.29, 0.717) is 6.54 Å². The Balaban J connectivity index is 0.00000242. The smallest absolute Gasteiger partial charge is 0.194 e. The lowest BCUT2D eigenvalue weighted by atomic mass is 10.0. The molecule has 2 rings (SSSR count). The van der Waals surface area contributed by atoms with Crippen molar-refractivity contribution in [2.75, 3.05) is 20.1 Å². The monoisotopic (exact) mass is 501 g/mol. The van der Waals surface area contributed by atoms with Crippen LogP contribution in [-0.4, -0.2) is 41.7 Å². The van der Waals surface area contributed by atoms with Crippen molar-refractivity contribution in [3.8, 4) is 0 Å². The molecule has 1 aromatic heterocycles. The molecule has 1 aromatic rings. The third-order valence-corrected chi connectivity index (χ3v) is 5.38. The van der Waals surface area contributed by atoms with E-state index in [1.807, 2.05) is 7.05 Å². The molecule has 2 N–H and O–H groups in total. The number of nitrogens with zero attached hydrogens (tertiary/aromatic N) is 2. The molecule has 4 nitrogen and oxygen atoms in total. The van der Waals surface area contributed by atoms with Gasteiger partial charge in [-0.15, -0.1) is 35.3 Å². The maximum atomic E-state index is 10.4.